The summed E-state index contributed by atoms with van der Waals surface area (Å²) < 4.78 is 0. The molecule has 1 N–H and O–H groups in total. The van der Waals surface area contributed by atoms with E-state index in [9.17, 15) is 4.79 Å². The van der Waals surface area contributed by atoms with Crippen molar-refractivity contribution in [1.29, 1.82) is 0 Å². The van der Waals surface area contributed by atoms with Gasteiger partial charge in [0.25, 0.3) is 0 Å². The SMILES string of the molecule is O=C(O)CCC(C=CC=Cc1ccccc1)=Cc1ccccc1. The van der Waals surface area contributed by atoms with Gasteiger partial charge in [-0.3, -0.25) is 4.79 Å². The molecule has 0 fully saturated rings. The topological polar surface area (TPSA) is 37.3 Å². The van der Waals surface area contributed by atoms with Crippen LogP contribution in [0.15, 0.2) is 84.5 Å². The van der Waals surface area contributed by atoms with E-state index in [1.54, 1.807) is 0 Å². The van der Waals surface area contributed by atoms with Crippen molar-refractivity contribution in [2.24, 2.45) is 0 Å². The van der Waals surface area contributed by atoms with Crippen LogP contribution < -0.4 is 0 Å². The Morgan fingerprint density at radius 2 is 1.43 bits per heavy atom. The van der Waals surface area contributed by atoms with Crippen LogP contribution in [0.4, 0.5) is 0 Å². The molecule has 0 saturated carbocycles. The minimum atomic E-state index is -0.780. The van der Waals surface area contributed by atoms with Gasteiger partial charge >= 0.3 is 5.97 Å². The third-order valence-electron chi connectivity index (χ3n) is 3.29. The Balaban J connectivity index is 2.07. The zero-order chi connectivity index (χ0) is 16.3. The molecular formula is C21H20O2. The Morgan fingerprint density at radius 3 is 2.04 bits per heavy atom. The van der Waals surface area contributed by atoms with E-state index in [0.29, 0.717) is 6.42 Å². The van der Waals surface area contributed by atoms with Gasteiger partial charge < -0.3 is 5.11 Å². The summed E-state index contributed by atoms with van der Waals surface area (Å²) in [6, 6.07) is 20.0. The first-order chi connectivity index (χ1) is 11.2. The van der Waals surface area contributed by atoms with E-state index in [-0.39, 0.29) is 6.42 Å². The molecule has 0 aliphatic heterocycles. The van der Waals surface area contributed by atoms with Gasteiger partial charge in [0.1, 0.15) is 0 Å². The number of hydrogen-bond donors (Lipinski definition) is 1. The van der Waals surface area contributed by atoms with Crippen molar-refractivity contribution >= 4 is 18.1 Å². The highest BCUT2D eigenvalue weighted by molar-refractivity contribution is 5.68. The van der Waals surface area contributed by atoms with Crippen LogP contribution >= 0.6 is 0 Å². The summed E-state index contributed by atoms with van der Waals surface area (Å²) >= 11 is 0. The Kier molecular flexibility index (Phi) is 6.61. The van der Waals surface area contributed by atoms with E-state index in [1.807, 2.05) is 91.0 Å². The summed E-state index contributed by atoms with van der Waals surface area (Å²) in [5.41, 5.74) is 3.21. The van der Waals surface area contributed by atoms with Crippen LogP contribution in [0.5, 0.6) is 0 Å². The van der Waals surface area contributed by atoms with Crippen molar-refractivity contribution in [3.05, 3.63) is 95.6 Å². The molecule has 2 rings (SSSR count). The van der Waals surface area contributed by atoms with Crippen LogP contribution in [-0.4, -0.2) is 11.1 Å². The van der Waals surface area contributed by atoms with Crippen molar-refractivity contribution in [3.8, 4) is 0 Å². The molecule has 0 saturated heterocycles. The first-order valence-corrected chi connectivity index (χ1v) is 7.61. The Labute approximate surface area is 137 Å². The summed E-state index contributed by atoms with van der Waals surface area (Å²) in [5, 5.41) is 8.88. The molecule has 2 heteroatoms. The van der Waals surface area contributed by atoms with E-state index >= 15 is 0 Å². The normalized spacial score (nSPS) is 12.1. The molecule has 0 aromatic heterocycles. The maximum Gasteiger partial charge on any atom is 0.303 e. The minimum absolute atomic E-state index is 0.130. The summed E-state index contributed by atoms with van der Waals surface area (Å²) in [4.78, 5) is 10.8. The lowest BCUT2D eigenvalue weighted by Gasteiger charge is -2.00. The minimum Gasteiger partial charge on any atom is -0.481 e. The fraction of sp³-hybridized carbons (Fsp3) is 0.0952. The van der Waals surface area contributed by atoms with Gasteiger partial charge in [-0.15, -0.1) is 0 Å². The number of carboxylic acid groups (broad SMARTS) is 1. The van der Waals surface area contributed by atoms with Gasteiger partial charge in [-0.05, 0) is 23.1 Å². The molecular weight excluding hydrogens is 284 g/mol. The lowest BCUT2D eigenvalue weighted by Crippen LogP contribution is -1.94. The molecule has 23 heavy (non-hydrogen) atoms. The largest absolute Gasteiger partial charge is 0.481 e. The van der Waals surface area contributed by atoms with Gasteiger partial charge in [0.15, 0.2) is 0 Å². The molecule has 0 bridgehead atoms. The summed E-state index contributed by atoms with van der Waals surface area (Å²) in [6.45, 7) is 0. The molecule has 2 nitrogen and oxygen atoms in total. The zero-order valence-electron chi connectivity index (χ0n) is 12.9. The van der Waals surface area contributed by atoms with Gasteiger partial charge in [0.2, 0.25) is 0 Å². The van der Waals surface area contributed by atoms with Gasteiger partial charge in [0.05, 0.1) is 0 Å². The van der Waals surface area contributed by atoms with E-state index < -0.39 is 5.97 Å². The van der Waals surface area contributed by atoms with E-state index in [1.165, 1.54) is 0 Å². The van der Waals surface area contributed by atoms with Crippen LogP contribution in [0.3, 0.4) is 0 Å². The van der Waals surface area contributed by atoms with Gasteiger partial charge in [-0.2, -0.15) is 0 Å². The monoisotopic (exact) mass is 304 g/mol. The number of rotatable bonds is 7. The predicted molar refractivity (Wildman–Crippen MR) is 95.9 cm³/mol. The van der Waals surface area contributed by atoms with E-state index in [0.717, 1.165) is 16.7 Å². The quantitative estimate of drug-likeness (QED) is 0.713. The number of aliphatic carboxylic acids is 1. The van der Waals surface area contributed by atoms with Crippen LogP contribution in [0.2, 0.25) is 0 Å². The number of carbonyl (C=O) groups is 1. The van der Waals surface area contributed by atoms with Crippen molar-refractivity contribution in [1.82, 2.24) is 0 Å². The predicted octanol–water partition coefficient (Wildman–Crippen LogP) is 5.20. The first kappa shape index (κ1) is 16.5. The molecule has 0 amide bonds. The Hall–Kier alpha value is -2.87. The smallest absolute Gasteiger partial charge is 0.303 e. The molecule has 0 atom stereocenters. The van der Waals surface area contributed by atoms with Crippen LogP contribution in [0.25, 0.3) is 12.2 Å². The van der Waals surface area contributed by atoms with Gasteiger partial charge in [0, 0.05) is 6.42 Å². The van der Waals surface area contributed by atoms with Crippen molar-refractivity contribution in [2.45, 2.75) is 12.8 Å². The van der Waals surface area contributed by atoms with Crippen LogP contribution in [-0.2, 0) is 4.79 Å². The third-order valence-corrected chi connectivity index (χ3v) is 3.29. The summed E-state index contributed by atoms with van der Waals surface area (Å²) in [5.74, 6) is -0.780. The maximum atomic E-state index is 10.8. The second-order valence-corrected chi connectivity index (χ2v) is 5.15. The lowest BCUT2D eigenvalue weighted by atomic mass is 10.1. The molecule has 116 valence electrons. The lowest BCUT2D eigenvalue weighted by molar-refractivity contribution is -0.136. The highest BCUT2D eigenvalue weighted by Crippen LogP contribution is 2.13. The number of allylic oxidation sites excluding steroid dienone is 4. The van der Waals surface area contributed by atoms with Gasteiger partial charge in [-0.25, -0.2) is 0 Å². The molecule has 0 radical (unpaired) electrons. The average Bonchev–Trinajstić information content (AvgIpc) is 2.58. The number of hydrogen-bond acceptors (Lipinski definition) is 1. The Bertz CT molecular complexity index is 695. The van der Waals surface area contributed by atoms with Crippen molar-refractivity contribution in [3.63, 3.8) is 0 Å². The van der Waals surface area contributed by atoms with Gasteiger partial charge in [-0.1, -0.05) is 91.0 Å². The standard InChI is InChI=1S/C21H20O2/c22-21(23)16-15-20(17-19-12-5-2-6-13-19)14-8-7-11-18-9-3-1-4-10-18/h1-14,17H,15-16H2,(H,22,23). The fourth-order valence-electron chi connectivity index (χ4n) is 2.13. The second kappa shape index (κ2) is 9.21. The molecule has 0 unspecified atom stereocenters. The highest BCUT2D eigenvalue weighted by atomic mass is 16.4. The number of benzene rings is 2. The van der Waals surface area contributed by atoms with Crippen molar-refractivity contribution in [2.75, 3.05) is 0 Å². The number of carboxylic acids is 1. The molecule has 2 aromatic carbocycles. The fourth-order valence-corrected chi connectivity index (χ4v) is 2.13. The molecule has 2 aromatic rings. The van der Waals surface area contributed by atoms with Crippen molar-refractivity contribution < 1.29 is 9.90 Å². The summed E-state index contributed by atoms with van der Waals surface area (Å²) in [6.07, 6.45) is 10.6. The second-order valence-electron chi connectivity index (χ2n) is 5.15. The van der Waals surface area contributed by atoms with E-state index in [2.05, 4.69) is 0 Å². The average molecular weight is 304 g/mol. The molecule has 0 spiro atoms. The van der Waals surface area contributed by atoms with Crippen LogP contribution in [0.1, 0.15) is 24.0 Å². The third kappa shape index (κ3) is 6.62. The maximum absolute atomic E-state index is 10.8. The summed E-state index contributed by atoms with van der Waals surface area (Å²) in [7, 11) is 0. The molecule has 0 heterocycles. The first-order valence-electron chi connectivity index (χ1n) is 7.61. The highest BCUT2D eigenvalue weighted by Gasteiger charge is 1.99. The van der Waals surface area contributed by atoms with E-state index in [4.69, 9.17) is 5.11 Å². The van der Waals surface area contributed by atoms with Crippen LogP contribution in [0, 0.1) is 0 Å². The molecule has 0 aliphatic rings. The Morgan fingerprint density at radius 1 is 0.826 bits per heavy atom. The molecule has 0 aliphatic carbocycles. The zero-order valence-corrected chi connectivity index (χ0v) is 12.9.